The van der Waals surface area contributed by atoms with E-state index in [0.29, 0.717) is 16.4 Å². The minimum atomic E-state index is -4.06. The molecule has 0 amide bonds. The summed E-state index contributed by atoms with van der Waals surface area (Å²) in [5, 5.41) is 6.50. The molecule has 4 aromatic rings. The van der Waals surface area contributed by atoms with Gasteiger partial charge >= 0.3 is 10.1 Å². The molecule has 0 fully saturated rings. The molecule has 32 heavy (non-hydrogen) atoms. The lowest BCUT2D eigenvalue weighted by molar-refractivity contribution is 0.486. The van der Waals surface area contributed by atoms with Crippen molar-refractivity contribution in [1.29, 1.82) is 0 Å². The number of hydrogen-bond acceptors (Lipinski definition) is 7. The highest BCUT2D eigenvalue weighted by molar-refractivity contribution is 7.87. The van der Waals surface area contributed by atoms with Crippen molar-refractivity contribution in [3.05, 3.63) is 95.4 Å². The van der Waals surface area contributed by atoms with Gasteiger partial charge in [0.05, 0.1) is 11.9 Å². The molecule has 6 nitrogen and oxygen atoms in total. The van der Waals surface area contributed by atoms with Crippen molar-refractivity contribution in [2.75, 3.05) is 5.43 Å². The van der Waals surface area contributed by atoms with Gasteiger partial charge in [0, 0.05) is 10.9 Å². The summed E-state index contributed by atoms with van der Waals surface area (Å²) in [5.41, 5.74) is 5.01. The van der Waals surface area contributed by atoms with Gasteiger partial charge in [0.1, 0.15) is 22.3 Å². The minimum absolute atomic E-state index is 0.114. The molecule has 162 valence electrons. The van der Waals surface area contributed by atoms with Crippen LogP contribution in [0.5, 0.6) is 5.75 Å². The molecule has 1 N–H and O–H groups in total. The average molecular weight is 472 g/mol. The van der Waals surface area contributed by atoms with Crippen molar-refractivity contribution < 1.29 is 21.4 Å². The third-order valence-corrected chi connectivity index (χ3v) is 6.21. The van der Waals surface area contributed by atoms with Crippen LogP contribution in [0.15, 0.2) is 88.2 Å². The highest BCUT2D eigenvalue weighted by atomic mass is 32.2. The normalized spacial score (nSPS) is 11.6. The Kier molecular flexibility index (Phi) is 6.24. The van der Waals surface area contributed by atoms with Crippen LogP contribution in [-0.4, -0.2) is 19.6 Å². The first-order valence-electron chi connectivity index (χ1n) is 9.20. The molecule has 0 bridgehead atoms. The number of nitrogens with zero attached hydrogens (tertiary/aromatic N) is 2. The van der Waals surface area contributed by atoms with Crippen LogP contribution in [0.1, 0.15) is 5.56 Å². The zero-order chi connectivity index (χ0) is 22.6. The lowest BCUT2D eigenvalue weighted by atomic mass is 10.2. The smallest absolute Gasteiger partial charge is 0.339 e. The van der Waals surface area contributed by atoms with Crippen molar-refractivity contribution in [3.63, 3.8) is 0 Å². The molecule has 10 heteroatoms. The molecule has 1 heterocycles. The van der Waals surface area contributed by atoms with E-state index in [9.17, 15) is 17.2 Å². The molecular formula is C22H15F2N3O3S2. The van der Waals surface area contributed by atoms with E-state index in [2.05, 4.69) is 15.5 Å². The fourth-order valence-corrected chi connectivity index (χ4v) is 4.22. The number of rotatable bonds is 7. The number of anilines is 1. The Morgan fingerprint density at radius 2 is 1.53 bits per heavy atom. The predicted molar refractivity (Wildman–Crippen MR) is 119 cm³/mol. The van der Waals surface area contributed by atoms with Crippen molar-refractivity contribution in [1.82, 2.24) is 4.98 Å². The number of aromatic nitrogens is 1. The molecule has 0 atom stereocenters. The summed E-state index contributed by atoms with van der Waals surface area (Å²) in [6, 6.07) is 16.7. The maximum atomic E-state index is 13.0. The largest absolute Gasteiger partial charge is 0.379 e. The summed E-state index contributed by atoms with van der Waals surface area (Å²) < 4.78 is 55.6. The Hall–Kier alpha value is -3.63. The summed E-state index contributed by atoms with van der Waals surface area (Å²) >= 11 is 1.35. The second-order valence-electron chi connectivity index (χ2n) is 6.48. The lowest BCUT2D eigenvalue weighted by Gasteiger charge is -2.07. The van der Waals surface area contributed by atoms with Gasteiger partial charge in [0.15, 0.2) is 0 Å². The maximum Gasteiger partial charge on any atom is 0.339 e. The van der Waals surface area contributed by atoms with Crippen molar-refractivity contribution in [2.24, 2.45) is 5.10 Å². The van der Waals surface area contributed by atoms with Gasteiger partial charge in [-0.15, -0.1) is 11.3 Å². The number of halogens is 2. The highest BCUT2D eigenvalue weighted by Gasteiger charge is 2.16. The van der Waals surface area contributed by atoms with E-state index in [4.69, 9.17) is 4.18 Å². The first kappa shape index (κ1) is 21.6. The van der Waals surface area contributed by atoms with Gasteiger partial charge in [-0.05, 0) is 78.4 Å². The number of benzene rings is 3. The van der Waals surface area contributed by atoms with Crippen LogP contribution in [0, 0.1) is 11.6 Å². The zero-order valence-corrected chi connectivity index (χ0v) is 17.9. The van der Waals surface area contributed by atoms with E-state index in [1.807, 2.05) is 5.38 Å². The van der Waals surface area contributed by atoms with Crippen LogP contribution in [0.3, 0.4) is 0 Å². The molecule has 0 aliphatic carbocycles. The number of hydrazone groups is 1. The number of thiazole rings is 1. The second kappa shape index (κ2) is 9.25. The summed E-state index contributed by atoms with van der Waals surface area (Å²) in [6.07, 6.45) is 1.54. The first-order valence-corrected chi connectivity index (χ1v) is 11.5. The number of hydrogen-bond donors (Lipinski definition) is 1. The van der Waals surface area contributed by atoms with Gasteiger partial charge in [-0.1, -0.05) is 0 Å². The van der Waals surface area contributed by atoms with E-state index in [0.717, 1.165) is 29.8 Å². The van der Waals surface area contributed by atoms with Crippen LogP contribution < -0.4 is 9.61 Å². The monoisotopic (exact) mass is 471 g/mol. The molecule has 0 aliphatic heterocycles. The van der Waals surface area contributed by atoms with Crippen LogP contribution in [0.2, 0.25) is 0 Å². The zero-order valence-electron chi connectivity index (χ0n) is 16.3. The summed E-state index contributed by atoms with van der Waals surface area (Å²) in [6.45, 7) is 0. The molecular weight excluding hydrogens is 456 g/mol. The third kappa shape index (κ3) is 5.34. The number of nitrogens with one attached hydrogen (secondary N) is 1. The molecule has 4 rings (SSSR count). The first-order chi connectivity index (χ1) is 15.4. The molecule has 0 radical (unpaired) electrons. The van der Waals surface area contributed by atoms with Crippen LogP contribution >= 0.6 is 11.3 Å². The van der Waals surface area contributed by atoms with Crippen LogP contribution in [0.25, 0.3) is 11.3 Å². The molecule has 1 aromatic heterocycles. The maximum absolute atomic E-state index is 13.0. The summed E-state index contributed by atoms with van der Waals surface area (Å²) in [4.78, 5) is 4.25. The Balaban J connectivity index is 1.36. The van der Waals surface area contributed by atoms with E-state index in [-0.39, 0.29) is 16.5 Å². The Morgan fingerprint density at radius 1 is 0.906 bits per heavy atom. The molecule has 3 aromatic carbocycles. The highest BCUT2D eigenvalue weighted by Crippen LogP contribution is 2.25. The Labute approximate surface area is 187 Å². The van der Waals surface area contributed by atoms with Crippen LogP contribution in [-0.2, 0) is 10.1 Å². The quantitative estimate of drug-likeness (QED) is 0.225. The van der Waals surface area contributed by atoms with Gasteiger partial charge in [-0.25, -0.2) is 13.8 Å². The predicted octanol–water partition coefficient (Wildman–Crippen LogP) is 5.30. The second-order valence-corrected chi connectivity index (χ2v) is 8.88. The topological polar surface area (TPSA) is 80.7 Å². The van der Waals surface area contributed by atoms with Crippen molar-refractivity contribution >= 4 is 32.8 Å². The molecule has 0 saturated heterocycles. The van der Waals surface area contributed by atoms with Gasteiger partial charge < -0.3 is 4.18 Å². The molecule has 0 unspecified atom stereocenters. The fourth-order valence-electron chi connectivity index (χ4n) is 2.63. The van der Waals surface area contributed by atoms with Gasteiger partial charge in [0.25, 0.3) is 0 Å². The van der Waals surface area contributed by atoms with Gasteiger partial charge in [-0.3, -0.25) is 5.43 Å². The van der Waals surface area contributed by atoms with Gasteiger partial charge in [-0.2, -0.15) is 13.5 Å². The molecule has 0 spiro atoms. The van der Waals surface area contributed by atoms with Gasteiger partial charge in [0.2, 0.25) is 5.13 Å². The van der Waals surface area contributed by atoms with E-state index < -0.39 is 15.9 Å². The Bertz CT molecular complexity index is 1340. The van der Waals surface area contributed by atoms with E-state index >= 15 is 0 Å². The standard InChI is InChI=1S/C22H15F2N3O3S2/c23-17-5-3-16(4-6-17)21-14-31-22(26-21)27-25-13-15-1-9-19(10-2-15)30-32(28,29)20-11-7-18(24)8-12-20/h1-14H,(H,26,27)/b25-13-. The van der Waals surface area contributed by atoms with E-state index in [1.54, 1.807) is 24.3 Å². The fraction of sp³-hybridized carbons (Fsp3) is 0. The molecule has 0 aliphatic rings. The third-order valence-electron chi connectivity index (χ3n) is 4.21. The van der Waals surface area contributed by atoms with Crippen molar-refractivity contribution in [2.45, 2.75) is 4.90 Å². The summed E-state index contributed by atoms with van der Waals surface area (Å²) in [7, 11) is -4.06. The SMILES string of the molecule is O=S(=O)(Oc1ccc(/C=N\Nc2nc(-c3ccc(F)cc3)cs2)cc1)c1ccc(F)cc1. The van der Waals surface area contributed by atoms with Crippen molar-refractivity contribution in [3.8, 4) is 17.0 Å². The summed E-state index contributed by atoms with van der Waals surface area (Å²) in [5.74, 6) is -0.731. The average Bonchev–Trinajstić information content (AvgIpc) is 3.24. The Morgan fingerprint density at radius 3 is 2.19 bits per heavy atom. The van der Waals surface area contributed by atoms with E-state index in [1.165, 1.54) is 41.8 Å². The lowest BCUT2D eigenvalue weighted by Crippen LogP contribution is -2.09. The molecule has 0 saturated carbocycles. The minimum Gasteiger partial charge on any atom is -0.379 e. The van der Waals surface area contributed by atoms with Crippen LogP contribution in [0.4, 0.5) is 13.9 Å².